The smallest absolute Gasteiger partial charge is 0.0843 e. The molecule has 1 aliphatic carbocycles. The van der Waals surface area contributed by atoms with Crippen molar-refractivity contribution < 1.29 is 21.7 Å². The molecule has 0 aromatic carbocycles. The van der Waals surface area contributed by atoms with Crippen LogP contribution in [0.4, 0.5) is 0 Å². The molecule has 0 aromatic rings. The molecule has 0 unspecified atom stereocenters. The molecule has 0 amide bonds. The Balaban J connectivity index is 0. The summed E-state index contributed by atoms with van der Waals surface area (Å²) in [6, 6.07) is 0. The monoisotopic (exact) mass is 459 g/mol. The van der Waals surface area contributed by atoms with Gasteiger partial charge in [0.2, 0.25) is 0 Å². The molecule has 1 aliphatic rings. The summed E-state index contributed by atoms with van der Waals surface area (Å²) >= 11 is 0. The first kappa shape index (κ1) is 28.8. The van der Waals surface area contributed by atoms with Gasteiger partial charge in [0.15, 0.2) is 0 Å². The molecule has 148 valence electrons. The first-order valence-corrected chi connectivity index (χ1v) is 24.3. The Morgan fingerprint density at radius 2 is 1.46 bits per heavy atom. The number of rotatable bonds is 6. The summed E-state index contributed by atoms with van der Waals surface area (Å²) in [6.45, 7) is 28.9. The van der Waals surface area contributed by atoms with Gasteiger partial charge in [-0.15, -0.1) is 0 Å². The van der Waals surface area contributed by atoms with Crippen LogP contribution in [0.25, 0.3) is 0 Å². The van der Waals surface area contributed by atoms with Crippen molar-refractivity contribution in [3.63, 3.8) is 0 Å². The summed E-state index contributed by atoms with van der Waals surface area (Å²) in [4.78, 5) is 0. The fourth-order valence-electron chi connectivity index (χ4n) is 4.40. The Labute approximate surface area is 182 Å². The van der Waals surface area contributed by atoms with Crippen LogP contribution in [0.3, 0.4) is 0 Å². The molecule has 1 nitrogen and oxygen atoms in total. The molecular weight excluding hydrogens is 417 g/mol. The molecule has 0 saturated carbocycles. The summed E-state index contributed by atoms with van der Waals surface area (Å²) in [5, 5.41) is 0. The average molecular weight is 460 g/mol. The Kier molecular flexibility index (Phi) is 12.8. The van der Waals surface area contributed by atoms with E-state index in [9.17, 15) is 0 Å². The van der Waals surface area contributed by atoms with E-state index in [1.165, 1.54) is 5.70 Å². The zero-order chi connectivity index (χ0) is 19.9. The third-order valence-electron chi connectivity index (χ3n) is 4.45. The van der Waals surface area contributed by atoms with Crippen LogP contribution in [0, 0.1) is 0 Å². The maximum absolute atomic E-state index is 5.62. The molecule has 0 heterocycles. The summed E-state index contributed by atoms with van der Waals surface area (Å²) in [6.07, 6.45) is 14.7. The standard InChI is InChI=1S/C14H32NPSi3.C6H10.Ti/c1-17(2,3)16(18(4,5)6,19(7,8)9)15-14-12-10-11-13-14;1-3-5-6-4-2;/h10-12H,13H2,1-9H3;3,5-6H,1,4H2,2H3;. The van der Waals surface area contributed by atoms with Crippen molar-refractivity contribution in [2.75, 3.05) is 0 Å². The number of hydrogen-bond acceptors (Lipinski definition) is 1. The molecule has 0 N–H and O–H groups in total. The second kappa shape index (κ2) is 11.5. The van der Waals surface area contributed by atoms with Gasteiger partial charge in [-0.05, 0) is 12.5 Å². The molecular formula is C20H42NPSi3Ti. The van der Waals surface area contributed by atoms with Crippen LogP contribution in [0.15, 0.2) is 53.5 Å². The van der Waals surface area contributed by atoms with E-state index < -0.39 is 28.9 Å². The van der Waals surface area contributed by atoms with Crippen molar-refractivity contribution >= 4 is 28.9 Å². The van der Waals surface area contributed by atoms with Crippen molar-refractivity contribution in [2.45, 2.75) is 78.7 Å². The maximum atomic E-state index is 5.62. The molecule has 0 atom stereocenters. The number of hydrogen-bond donors (Lipinski definition) is 0. The maximum Gasteiger partial charge on any atom is 0.0843 e. The van der Waals surface area contributed by atoms with Crippen LogP contribution in [0.1, 0.15) is 19.8 Å². The molecule has 0 aromatic heterocycles. The first-order valence-electron chi connectivity index (χ1n) is 9.50. The molecule has 0 aliphatic heterocycles. The minimum atomic E-state index is -1.28. The zero-order valence-corrected chi connectivity index (χ0v) is 24.4. The molecule has 0 fully saturated rings. The van der Waals surface area contributed by atoms with Gasteiger partial charge in [-0.1, -0.05) is 109 Å². The van der Waals surface area contributed by atoms with Gasteiger partial charge in [-0.25, -0.2) is 0 Å². The number of nitrogens with zero attached hydrogens (tertiary/aromatic N) is 1. The summed E-state index contributed by atoms with van der Waals surface area (Å²) in [7, 11) is -3.83. The molecule has 0 spiro atoms. The van der Waals surface area contributed by atoms with Gasteiger partial charge in [-0.3, -0.25) is 4.74 Å². The van der Waals surface area contributed by atoms with Crippen LogP contribution in [-0.4, -0.2) is 23.2 Å². The van der Waals surface area contributed by atoms with Gasteiger partial charge in [-0.2, -0.15) is 0 Å². The average Bonchev–Trinajstić information content (AvgIpc) is 2.92. The summed E-state index contributed by atoms with van der Waals surface area (Å²) in [5.41, 5.74) is 0.212. The minimum absolute atomic E-state index is 0. The second-order valence-electron chi connectivity index (χ2n) is 9.61. The van der Waals surface area contributed by atoms with Gasteiger partial charge < -0.3 is 0 Å². The molecule has 26 heavy (non-hydrogen) atoms. The van der Waals surface area contributed by atoms with Gasteiger partial charge in [0, 0.05) is 33.8 Å². The quantitative estimate of drug-likeness (QED) is 0.214. The summed E-state index contributed by atoms with van der Waals surface area (Å²) in [5.74, 6) is 0. The van der Waals surface area contributed by atoms with Crippen LogP contribution >= 0.6 is 5.70 Å². The third kappa shape index (κ3) is 7.52. The second-order valence-corrected chi connectivity index (χ2v) is 46.0. The van der Waals surface area contributed by atoms with E-state index >= 15 is 0 Å². The predicted molar refractivity (Wildman–Crippen MR) is 131 cm³/mol. The van der Waals surface area contributed by atoms with Gasteiger partial charge in [0.05, 0.1) is 23.2 Å². The van der Waals surface area contributed by atoms with E-state index in [2.05, 4.69) is 96.7 Å². The fourth-order valence-corrected chi connectivity index (χ4v) is 88.2. The third-order valence-corrected chi connectivity index (χ3v) is 65.4. The van der Waals surface area contributed by atoms with E-state index in [4.69, 9.17) is 4.74 Å². The largest absolute Gasteiger partial charge is 0.284 e. The van der Waals surface area contributed by atoms with Crippen molar-refractivity contribution in [1.29, 1.82) is 0 Å². The Morgan fingerprint density at radius 3 is 1.69 bits per heavy atom. The minimum Gasteiger partial charge on any atom is -0.284 e. The first-order chi connectivity index (χ1) is 11.2. The van der Waals surface area contributed by atoms with Crippen LogP contribution in [-0.2, 0) is 21.7 Å². The van der Waals surface area contributed by atoms with Gasteiger partial charge in [0.1, 0.15) is 0 Å². The summed E-state index contributed by atoms with van der Waals surface area (Å²) < 4.78 is 5.62. The van der Waals surface area contributed by atoms with Crippen LogP contribution in [0.5, 0.6) is 0 Å². The Morgan fingerprint density at radius 1 is 1.00 bits per heavy atom. The molecule has 0 saturated heterocycles. The van der Waals surface area contributed by atoms with E-state index in [-0.39, 0.29) is 21.7 Å². The van der Waals surface area contributed by atoms with Gasteiger partial charge >= 0.3 is 0 Å². The van der Waals surface area contributed by atoms with Gasteiger partial charge in [0.25, 0.3) is 0 Å². The van der Waals surface area contributed by atoms with Crippen molar-refractivity contribution in [2.24, 2.45) is 4.74 Å². The normalized spacial score (nSPS) is 15.1. The Hall–Kier alpha value is 0.555. The molecule has 1 rings (SSSR count). The Bertz CT molecular complexity index is 543. The van der Waals surface area contributed by atoms with Crippen molar-refractivity contribution in [3.8, 4) is 0 Å². The molecule has 6 heteroatoms. The van der Waals surface area contributed by atoms with Crippen LogP contribution < -0.4 is 0 Å². The van der Waals surface area contributed by atoms with Crippen molar-refractivity contribution in [1.82, 2.24) is 0 Å². The SMILES string of the molecule is C=CC=CCC.C[Si](C)(C)P(=NC1=CC=CC1)([Si](C)(C)C)[Si](C)(C)C.[Ti]. The molecule has 0 radical (unpaired) electrons. The van der Waals surface area contributed by atoms with E-state index in [0.717, 1.165) is 12.8 Å². The fraction of sp³-hybridized carbons (Fsp3) is 0.600. The van der Waals surface area contributed by atoms with E-state index in [0.29, 0.717) is 0 Å². The van der Waals surface area contributed by atoms with E-state index in [1.807, 2.05) is 6.08 Å². The zero-order valence-electron chi connectivity index (χ0n) is 19.0. The predicted octanol–water partition coefficient (Wildman–Crippen LogP) is 8.67. The topological polar surface area (TPSA) is 12.4 Å². The van der Waals surface area contributed by atoms with E-state index in [1.54, 1.807) is 6.08 Å². The molecule has 0 bridgehead atoms. The number of allylic oxidation sites excluding steroid dienone is 6. The van der Waals surface area contributed by atoms with Crippen molar-refractivity contribution in [3.05, 3.63) is 48.7 Å². The van der Waals surface area contributed by atoms with Crippen LogP contribution in [0.2, 0.25) is 58.9 Å².